The molecular weight excluding hydrogens is 379 g/mol. The topological polar surface area (TPSA) is 24.9 Å². The van der Waals surface area contributed by atoms with Crippen LogP contribution in [0.3, 0.4) is 0 Å². The van der Waals surface area contributed by atoms with E-state index >= 15 is 0 Å². The number of pyridine rings is 1. The summed E-state index contributed by atoms with van der Waals surface area (Å²) in [6.07, 6.45) is 3.65. The van der Waals surface area contributed by atoms with E-state index in [1.807, 2.05) is 36.5 Å². The lowest BCUT2D eigenvalue weighted by molar-refractivity contribution is 0.691. The van der Waals surface area contributed by atoms with E-state index in [9.17, 15) is 0 Å². The predicted molar refractivity (Wildman–Crippen MR) is 86.9 cm³/mol. The number of hydrogen-bond donors (Lipinski definition) is 1. The fourth-order valence-electron chi connectivity index (χ4n) is 1.46. The molecule has 2 aromatic rings. The maximum absolute atomic E-state index is 5.81. The molecule has 0 unspecified atom stereocenters. The van der Waals surface area contributed by atoms with Crippen molar-refractivity contribution in [3.8, 4) is 0 Å². The number of nitrogens with one attached hydrogen (secondary N) is 1. The standard InChI is InChI=1S/C13H13ClN2.2BrH/c14-13-5-3-11(4-6-13)8-16-10-12-2-1-7-15-9-12;;/h1-7,9,16H,8,10H2;2*1H. The molecule has 2 rings (SSSR count). The zero-order valence-electron chi connectivity index (χ0n) is 9.67. The molecule has 0 radical (unpaired) electrons. The summed E-state index contributed by atoms with van der Waals surface area (Å²) < 4.78 is 0. The number of hydrogen-bond acceptors (Lipinski definition) is 2. The number of rotatable bonds is 4. The van der Waals surface area contributed by atoms with E-state index in [0.717, 1.165) is 18.1 Å². The van der Waals surface area contributed by atoms with Gasteiger partial charge < -0.3 is 5.32 Å². The molecule has 1 N–H and O–H groups in total. The van der Waals surface area contributed by atoms with Crippen LogP contribution in [0.2, 0.25) is 5.02 Å². The Morgan fingerprint density at radius 2 is 1.61 bits per heavy atom. The minimum Gasteiger partial charge on any atom is -0.309 e. The first-order valence-corrected chi connectivity index (χ1v) is 5.56. The Morgan fingerprint density at radius 3 is 2.22 bits per heavy atom. The average Bonchev–Trinajstić information content (AvgIpc) is 2.33. The van der Waals surface area contributed by atoms with E-state index < -0.39 is 0 Å². The molecule has 0 spiro atoms. The van der Waals surface area contributed by atoms with Gasteiger partial charge in [-0.15, -0.1) is 34.0 Å². The lowest BCUT2D eigenvalue weighted by atomic mass is 10.2. The van der Waals surface area contributed by atoms with Gasteiger partial charge in [0.2, 0.25) is 0 Å². The Morgan fingerprint density at radius 1 is 0.944 bits per heavy atom. The van der Waals surface area contributed by atoms with Crippen LogP contribution in [0, 0.1) is 0 Å². The van der Waals surface area contributed by atoms with Crippen molar-refractivity contribution in [1.29, 1.82) is 0 Å². The lowest BCUT2D eigenvalue weighted by Gasteiger charge is -2.04. The Labute approximate surface area is 133 Å². The van der Waals surface area contributed by atoms with Gasteiger partial charge in [0, 0.05) is 30.5 Å². The summed E-state index contributed by atoms with van der Waals surface area (Å²) in [4.78, 5) is 4.06. The first-order valence-electron chi connectivity index (χ1n) is 5.18. The first-order chi connectivity index (χ1) is 7.84. The number of halogens is 3. The van der Waals surface area contributed by atoms with Crippen LogP contribution in [0.25, 0.3) is 0 Å². The Hall–Kier alpha value is -0.420. The van der Waals surface area contributed by atoms with Crippen molar-refractivity contribution in [2.24, 2.45) is 0 Å². The maximum Gasteiger partial charge on any atom is 0.0406 e. The Kier molecular flexibility index (Phi) is 9.28. The third-order valence-electron chi connectivity index (χ3n) is 2.29. The van der Waals surface area contributed by atoms with Crippen molar-refractivity contribution in [1.82, 2.24) is 10.3 Å². The Balaban J connectivity index is 0.00000144. The first kappa shape index (κ1) is 17.6. The van der Waals surface area contributed by atoms with Crippen molar-refractivity contribution in [2.75, 3.05) is 0 Å². The van der Waals surface area contributed by atoms with Crippen LogP contribution >= 0.6 is 45.6 Å². The van der Waals surface area contributed by atoms with Gasteiger partial charge in [0.1, 0.15) is 0 Å². The van der Waals surface area contributed by atoms with Gasteiger partial charge in [0.25, 0.3) is 0 Å². The summed E-state index contributed by atoms with van der Waals surface area (Å²) in [6.45, 7) is 1.67. The fraction of sp³-hybridized carbons (Fsp3) is 0.154. The van der Waals surface area contributed by atoms with E-state index in [0.29, 0.717) is 0 Å². The van der Waals surface area contributed by atoms with Gasteiger partial charge >= 0.3 is 0 Å². The molecule has 1 heterocycles. The highest BCUT2D eigenvalue weighted by molar-refractivity contribution is 8.93. The minimum atomic E-state index is 0. The van der Waals surface area contributed by atoms with Gasteiger partial charge in [-0.2, -0.15) is 0 Å². The number of aromatic nitrogens is 1. The SMILES string of the molecule is Br.Br.Clc1ccc(CNCc2cccnc2)cc1. The molecular formula is C13H15Br2ClN2. The van der Waals surface area contributed by atoms with E-state index in [-0.39, 0.29) is 34.0 Å². The smallest absolute Gasteiger partial charge is 0.0406 e. The van der Waals surface area contributed by atoms with Crippen LogP contribution in [-0.2, 0) is 13.1 Å². The van der Waals surface area contributed by atoms with Crippen LogP contribution in [0.5, 0.6) is 0 Å². The molecule has 18 heavy (non-hydrogen) atoms. The van der Waals surface area contributed by atoms with Crippen molar-refractivity contribution in [3.63, 3.8) is 0 Å². The van der Waals surface area contributed by atoms with Crippen molar-refractivity contribution in [2.45, 2.75) is 13.1 Å². The second-order valence-electron chi connectivity index (χ2n) is 3.59. The third kappa shape index (κ3) is 5.96. The molecule has 0 saturated carbocycles. The summed E-state index contributed by atoms with van der Waals surface area (Å²) in [5, 5.41) is 4.13. The molecule has 0 fully saturated rings. The van der Waals surface area contributed by atoms with Gasteiger partial charge in [0.05, 0.1) is 0 Å². The van der Waals surface area contributed by atoms with Crippen LogP contribution in [0.15, 0.2) is 48.8 Å². The predicted octanol–water partition coefficient (Wildman–Crippen LogP) is 4.18. The van der Waals surface area contributed by atoms with Crippen LogP contribution in [-0.4, -0.2) is 4.98 Å². The largest absolute Gasteiger partial charge is 0.309 e. The molecule has 5 heteroatoms. The summed E-state index contributed by atoms with van der Waals surface area (Å²) >= 11 is 5.81. The molecule has 1 aromatic carbocycles. The average molecular weight is 395 g/mol. The molecule has 0 amide bonds. The summed E-state index contributed by atoms with van der Waals surface area (Å²) in [6, 6.07) is 11.9. The molecule has 98 valence electrons. The molecule has 0 bridgehead atoms. The molecule has 0 saturated heterocycles. The third-order valence-corrected chi connectivity index (χ3v) is 2.55. The molecule has 0 aliphatic carbocycles. The Bertz CT molecular complexity index is 435. The maximum atomic E-state index is 5.81. The van der Waals surface area contributed by atoms with Crippen LogP contribution in [0.1, 0.15) is 11.1 Å². The van der Waals surface area contributed by atoms with E-state index in [2.05, 4.69) is 16.4 Å². The molecule has 0 atom stereocenters. The van der Waals surface area contributed by atoms with E-state index in [1.165, 1.54) is 11.1 Å². The number of benzene rings is 1. The van der Waals surface area contributed by atoms with Gasteiger partial charge in [-0.25, -0.2) is 0 Å². The summed E-state index contributed by atoms with van der Waals surface area (Å²) in [5.74, 6) is 0. The van der Waals surface area contributed by atoms with Crippen molar-refractivity contribution in [3.05, 3.63) is 64.9 Å². The second-order valence-corrected chi connectivity index (χ2v) is 4.03. The van der Waals surface area contributed by atoms with Gasteiger partial charge in [0.15, 0.2) is 0 Å². The van der Waals surface area contributed by atoms with Gasteiger partial charge in [-0.05, 0) is 29.3 Å². The monoisotopic (exact) mass is 392 g/mol. The fourth-order valence-corrected chi connectivity index (χ4v) is 1.58. The zero-order chi connectivity index (χ0) is 11.2. The minimum absolute atomic E-state index is 0. The van der Waals surface area contributed by atoms with Crippen LogP contribution in [0.4, 0.5) is 0 Å². The van der Waals surface area contributed by atoms with E-state index in [4.69, 9.17) is 11.6 Å². The van der Waals surface area contributed by atoms with Crippen LogP contribution < -0.4 is 5.32 Å². The van der Waals surface area contributed by atoms with Gasteiger partial charge in [-0.1, -0.05) is 29.8 Å². The van der Waals surface area contributed by atoms with Gasteiger partial charge in [-0.3, -0.25) is 4.98 Å². The molecule has 0 aliphatic rings. The molecule has 2 nitrogen and oxygen atoms in total. The molecule has 0 aliphatic heterocycles. The molecule has 1 aromatic heterocycles. The number of nitrogens with zero attached hydrogens (tertiary/aromatic N) is 1. The quantitative estimate of drug-likeness (QED) is 0.842. The lowest BCUT2D eigenvalue weighted by Crippen LogP contribution is -2.12. The van der Waals surface area contributed by atoms with Crippen molar-refractivity contribution >= 4 is 45.6 Å². The van der Waals surface area contributed by atoms with Crippen molar-refractivity contribution < 1.29 is 0 Å². The highest BCUT2D eigenvalue weighted by atomic mass is 79.9. The normalized spacial score (nSPS) is 9.17. The summed E-state index contributed by atoms with van der Waals surface area (Å²) in [7, 11) is 0. The second kappa shape index (κ2) is 9.50. The summed E-state index contributed by atoms with van der Waals surface area (Å²) in [5.41, 5.74) is 2.42. The zero-order valence-corrected chi connectivity index (χ0v) is 13.9. The van der Waals surface area contributed by atoms with E-state index in [1.54, 1.807) is 6.20 Å². The highest BCUT2D eigenvalue weighted by Crippen LogP contribution is 2.09. The highest BCUT2D eigenvalue weighted by Gasteiger charge is 1.94.